The first-order valence-electron chi connectivity index (χ1n) is 9.91. The molecule has 3 atom stereocenters. The van der Waals surface area contributed by atoms with Crippen LogP contribution in [0.5, 0.6) is 0 Å². The summed E-state index contributed by atoms with van der Waals surface area (Å²) in [4.78, 5) is 11.8. The molecule has 0 saturated heterocycles. The van der Waals surface area contributed by atoms with Gasteiger partial charge in [-0.15, -0.1) is 0 Å². The highest BCUT2D eigenvalue weighted by molar-refractivity contribution is 7.39. The van der Waals surface area contributed by atoms with Gasteiger partial charge in [0.15, 0.2) is 8.03 Å². The molecule has 0 bridgehead atoms. The van der Waals surface area contributed by atoms with Gasteiger partial charge < -0.3 is 19.2 Å². The third-order valence-electron chi connectivity index (χ3n) is 5.29. The van der Waals surface area contributed by atoms with Gasteiger partial charge in [-0.2, -0.15) is 0 Å². The summed E-state index contributed by atoms with van der Waals surface area (Å²) < 4.78 is 24.0. The molecule has 2 N–H and O–H groups in total. The fourth-order valence-electron chi connectivity index (χ4n) is 3.69. The fourth-order valence-corrected chi connectivity index (χ4v) is 9.64. The van der Waals surface area contributed by atoms with Crippen molar-refractivity contribution < 1.29 is 28.5 Å². The number of benzene rings is 2. The quantitative estimate of drug-likeness (QED) is 0.328. The van der Waals surface area contributed by atoms with Gasteiger partial charge >= 0.3 is 5.97 Å². The molecule has 0 aromatic heterocycles. The zero-order valence-electron chi connectivity index (χ0n) is 17.9. The molecular formula is C22H31O6PSi. The van der Waals surface area contributed by atoms with Gasteiger partial charge in [-0.25, -0.2) is 0 Å². The lowest BCUT2D eigenvalue weighted by atomic mass is 10.1. The first-order chi connectivity index (χ1) is 14.1. The Kier molecular flexibility index (Phi) is 8.59. The maximum atomic E-state index is 12.3. The maximum Gasteiger partial charge on any atom is 0.308 e. The summed E-state index contributed by atoms with van der Waals surface area (Å²) in [6, 6.07) is 19.7. The van der Waals surface area contributed by atoms with E-state index in [1.807, 2.05) is 60.7 Å². The highest BCUT2D eigenvalue weighted by Gasteiger charge is 2.52. The average molecular weight is 451 g/mol. The number of rotatable bonds is 10. The topological polar surface area (TPSA) is 93.1 Å². The van der Waals surface area contributed by atoms with E-state index in [0.29, 0.717) is 0 Å². The molecule has 0 radical (unpaired) electrons. The Hall–Kier alpha value is -1.76. The summed E-state index contributed by atoms with van der Waals surface area (Å²) in [6.07, 6.45) is -0.921. The number of aliphatic hydroxyl groups excluding tert-OH is 1. The second-order valence-corrected chi connectivity index (χ2v) is 14.0. The van der Waals surface area contributed by atoms with Gasteiger partial charge in [0.1, 0.15) is 6.79 Å². The number of aliphatic carboxylic acids is 1. The third-order valence-corrected chi connectivity index (χ3v) is 11.5. The van der Waals surface area contributed by atoms with Crippen molar-refractivity contribution in [3.63, 3.8) is 0 Å². The van der Waals surface area contributed by atoms with Gasteiger partial charge in [-0.05, 0) is 22.3 Å². The summed E-state index contributed by atoms with van der Waals surface area (Å²) in [5.74, 6) is -1.93. The van der Waals surface area contributed by atoms with Crippen molar-refractivity contribution in [2.24, 2.45) is 5.92 Å². The molecule has 0 fully saturated rings. The lowest BCUT2D eigenvalue weighted by molar-refractivity contribution is -0.143. The SMILES string of the molecule is C[C@H](C(=O)O)C(C[PH](=O)OCO)O[Si](c1ccccc1)(c1ccccc1)C(C)(C)C. The normalized spacial score (nSPS) is 15.4. The van der Waals surface area contributed by atoms with E-state index in [1.54, 1.807) is 6.92 Å². The number of hydrogen-bond acceptors (Lipinski definition) is 5. The van der Waals surface area contributed by atoms with E-state index in [2.05, 4.69) is 20.8 Å². The molecule has 0 aliphatic rings. The van der Waals surface area contributed by atoms with Gasteiger partial charge in [0.05, 0.1) is 12.0 Å². The molecule has 0 amide bonds. The molecule has 30 heavy (non-hydrogen) atoms. The Morgan fingerprint density at radius 1 is 1.03 bits per heavy atom. The Morgan fingerprint density at radius 2 is 1.50 bits per heavy atom. The van der Waals surface area contributed by atoms with Crippen LogP contribution in [0.4, 0.5) is 0 Å². The van der Waals surface area contributed by atoms with Crippen LogP contribution in [-0.4, -0.2) is 43.6 Å². The van der Waals surface area contributed by atoms with Crippen molar-refractivity contribution in [3.05, 3.63) is 60.7 Å². The molecule has 2 aromatic carbocycles. The average Bonchev–Trinajstić information content (AvgIpc) is 2.71. The van der Waals surface area contributed by atoms with Crippen LogP contribution < -0.4 is 10.4 Å². The molecule has 0 heterocycles. The van der Waals surface area contributed by atoms with Crippen LogP contribution in [0.1, 0.15) is 27.7 Å². The number of carboxylic acid groups (broad SMARTS) is 1. The summed E-state index contributed by atoms with van der Waals surface area (Å²) in [7, 11) is -5.68. The molecular weight excluding hydrogens is 419 g/mol. The van der Waals surface area contributed by atoms with E-state index in [0.717, 1.165) is 10.4 Å². The van der Waals surface area contributed by atoms with Crippen LogP contribution in [-0.2, 0) is 18.3 Å². The lowest BCUT2D eigenvalue weighted by Crippen LogP contribution is -2.68. The molecule has 2 aromatic rings. The van der Waals surface area contributed by atoms with Gasteiger partial charge in [0, 0.05) is 6.16 Å². The zero-order valence-corrected chi connectivity index (χ0v) is 19.9. The fraction of sp³-hybridized carbons (Fsp3) is 0.409. The van der Waals surface area contributed by atoms with Crippen molar-refractivity contribution >= 4 is 32.7 Å². The number of carbonyl (C=O) groups is 1. The van der Waals surface area contributed by atoms with Crippen LogP contribution in [0.3, 0.4) is 0 Å². The molecule has 2 rings (SSSR count). The third kappa shape index (κ3) is 5.48. The maximum absolute atomic E-state index is 12.3. The van der Waals surface area contributed by atoms with E-state index in [-0.39, 0.29) is 11.2 Å². The van der Waals surface area contributed by atoms with Gasteiger partial charge in [-0.1, -0.05) is 81.4 Å². The largest absolute Gasteiger partial charge is 0.481 e. The summed E-state index contributed by atoms with van der Waals surface area (Å²) in [6.45, 7) is 7.16. The Labute approximate surface area is 179 Å². The number of aliphatic hydroxyl groups is 1. The molecule has 0 aliphatic heterocycles. The van der Waals surface area contributed by atoms with Crippen LogP contribution >= 0.6 is 8.03 Å². The van der Waals surface area contributed by atoms with Crippen molar-refractivity contribution in [1.29, 1.82) is 0 Å². The smallest absolute Gasteiger partial charge is 0.308 e. The van der Waals surface area contributed by atoms with E-state index >= 15 is 0 Å². The summed E-state index contributed by atoms with van der Waals surface area (Å²) >= 11 is 0. The van der Waals surface area contributed by atoms with E-state index < -0.39 is 41.1 Å². The van der Waals surface area contributed by atoms with Gasteiger partial charge in [0.25, 0.3) is 8.32 Å². The molecule has 0 aliphatic carbocycles. The molecule has 2 unspecified atom stereocenters. The van der Waals surface area contributed by atoms with Crippen LogP contribution in [0, 0.1) is 5.92 Å². The predicted molar refractivity (Wildman–Crippen MR) is 121 cm³/mol. The van der Waals surface area contributed by atoms with E-state index in [9.17, 15) is 14.5 Å². The van der Waals surface area contributed by atoms with Gasteiger partial charge in [-0.3, -0.25) is 9.36 Å². The first-order valence-corrected chi connectivity index (χ1v) is 13.3. The molecule has 164 valence electrons. The molecule has 6 nitrogen and oxygen atoms in total. The summed E-state index contributed by atoms with van der Waals surface area (Å²) in [5, 5.41) is 20.3. The molecule has 8 heteroatoms. The minimum absolute atomic E-state index is 0.0802. The monoisotopic (exact) mass is 450 g/mol. The first kappa shape index (κ1) is 24.5. The van der Waals surface area contributed by atoms with Crippen molar-refractivity contribution in [2.75, 3.05) is 13.0 Å². The number of hydrogen-bond donors (Lipinski definition) is 2. The van der Waals surface area contributed by atoms with E-state index in [4.69, 9.17) is 14.1 Å². The zero-order chi connectivity index (χ0) is 22.4. The minimum atomic E-state index is -3.01. The van der Waals surface area contributed by atoms with E-state index in [1.165, 1.54) is 0 Å². The Balaban J connectivity index is 2.67. The predicted octanol–water partition coefficient (Wildman–Crippen LogP) is 3.09. The molecule has 0 saturated carbocycles. The Morgan fingerprint density at radius 3 is 1.87 bits per heavy atom. The number of carboxylic acids is 1. The van der Waals surface area contributed by atoms with Crippen molar-refractivity contribution in [1.82, 2.24) is 0 Å². The summed E-state index contributed by atoms with van der Waals surface area (Å²) in [5.41, 5.74) is 0. The van der Waals surface area contributed by atoms with Crippen LogP contribution in [0.2, 0.25) is 5.04 Å². The van der Waals surface area contributed by atoms with Crippen LogP contribution in [0.25, 0.3) is 0 Å². The standard InChI is InChI=1S/C22H31O6PSi/c1-17(21(24)25)20(15-29(26)27-16-23)28-30(22(2,3)4,18-11-7-5-8-12-18)19-13-9-6-10-14-19/h5-14,17,20,23,29H,15-16H2,1-4H3,(H,24,25)/t17-,20?/m0/s1. The minimum Gasteiger partial charge on any atom is -0.481 e. The second kappa shape index (κ2) is 10.5. The highest BCUT2D eigenvalue weighted by atomic mass is 31.1. The Bertz CT molecular complexity index is 798. The van der Waals surface area contributed by atoms with Crippen LogP contribution in [0.15, 0.2) is 60.7 Å². The molecule has 0 spiro atoms. The lowest BCUT2D eigenvalue weighted by Gasteiger charge is -2.45. The van der Waals surface area contributed by atoms with Crippen molar-refractivity contribution in [2.45, 2.75) is 38.8 Å². The highest BCUT2D eigenvalue weighted by Crippen LogP contribution is 2.39. The van der Waals surface area contributed by atoms with Crippen molar-refractivity contribution in [3.8, 4) is 0 Å². The van der Waals surface area contributed by atoms with Gasteiger partial charge in [0.2, 0.25) is 0 Å². The second-order valence-electron chi connectivity index (χ2n) is 8.30.